The lowest BCUT2D eigenvalue weighted by Gasteiger charge is -2.25. The number of methoxy groups -OCH3 is 1. The van der Waals surface area contributed by atoms with Crippen LogP contribution in [0.5, 0.6) is 0 Å². The molecule has 1 aromatic rings. The number of fused-ring (bicyclic) bond motifs is 1. The summed E-state index contributed by atoms with van der Waals surface area (Å²) in [6.45, 7) is 10.9. The maximum atomic E-state index is 13.1. The fourth-order valence-electron chi connectivity index (χ4n) is 4.01. The maximum absolute atomic E-state index is 13.1. The number of carbonyl (C=O) groups excluding carboxylic acids is 2. The zero-order valence-electron chi connectivity index (χ0n) is 16.8. The highest BCUT2D eigenvalue weighted by Gasteiger charge is 2.43. The summed E-state index contributed by atoms with van der Waals surface area (Å²) in [5.74, 6) is -0.262. The van der Waals surface area contributed by atoms with Crippen LogP contribution >= 0.6 is 0 Å². The minimum Gasteiger partial charge on any atom is -0.464 e. The predicted molar refractivity (Wildman–Crippen MR) is 105 cm³/mol. The molecule has 1 aliphatic heterocycles. The first-order valence-corrected chi connectivity index (χ1v) is 13.1. The van der Waals surface area contributed by atoms with Gasteiger partial charge in [-0.1, -0.05) is 39.2 Å². The molecular formula is C20H30N2O3Si. The molecule has 0 spiro atoms. The third-order valence-electron chi connectivity index (χ3n) is 5.54. The van der Waals surface area contributed by atoms with Crippen molar-refractivity contribution in [1.82, 2.24) is 4.68 Å². The van der Waals surface area contributed by atoms with E-state index in [4.69, 9.17) is 4.74 Å². The summed E-state index contributed by atoms with van der Waals surface area (Å²) in [6.07, 6.45) is 6.00. The molecule has 5 nitrogen and oxygen atoms in total. The number of amides is 1. The van der Waals surface area contributed by atoms with Crippen LogP contribution in [-0.2, 0) is 22.4 Å². The summed E-state index contributed by atoms with van der Waals surface area (Å²) in [4.78, 5) is 25.7. The normalized spacial score (nSPS) is 24.9. The monoisotopic (exact) mass is 374 g/mol. The van der Waals surface area contributed by atoms with Gasteiger partial charge in [-0.05, 0) is 36.8 Å². The number of hydrogen-bond acceptors (Lipinski definition) is 3. The van der Waals surface area contributed by atoms with Crippen molar-refractivity contribution in [2.45, 2.75) is 59.2 Å². The van der Waals surface area contributed by atoms with Crippen LogP contribution in [0.15, 0.2) is 17.6 Å². The SMILES string of the molecule is COC(=O)c1c2c(cn1N1C(=O)[C@H](C)[C@@H](C)/C1=C\[Si](C)(C)C)CCCC2. The van der Waals surface area contributed by atoms with Crippen LogP contribution in [0.3, 0.4) is 0 Å². The summed E-state index contributed by atoms with van der Waals surface area (Å²) in [6, 6.07) is 0. The second kappa shape index (κ2) is 6.72. The molecule has 1 aromatic heterocycles. The number of carbonyl (C=O) groups is 2. The fraction of sp³-hybridized carbons (Fsp3) is 0.600. The maximum Gasteiger partial charge on any atom is 0.356 e. The number of aromatic nitrogens is 1. The first kappa shape index (κ1) is 19.0. The number of nitrogens with zero attached hydrogens (tertiary/aromatic N) is 2. The lowest BCUT2D eigenvalue weighted by atomic mass is 9.94. The van der Waals surface area contributed by atoms with E-state index < -0.39 is 8.07 Å². The molecule has 0 radical (unpaired) electrons. The van der Waals surface area contributed by atoms with Crippen LogP contribution in [0.25, 0.3) is 0 Å². The molecule has 2 atom stereocenters. The molecule has 0 aromatic carbocycles. The molecule has 0 bridgehead atoms. The molecule has 2 heterocycles. The third kappa shape index (κ3) is 3.15. The van der Waals surface area contributed by atoms with Gasteiger partial charge in [0, 0.05) is 23.7 Å². The first-order valence-electron chi connectivity index (χ1n) is 9.54. The molecule has 1 fully saturated rings. The second-order valence-corrected chi connectivity index (χ2v) is 13.7. The highest BCUT2D eigenvalue weighted by Crippen LogP contribution is 2.36. The average Bonchev–Trinajstić information content (AvgIpc) is 3.04. The highest BCUT2D eigenvalue weighted by atomic mass is 28.3. The summed E-state index contributed by atoms with van der Waals surface area (Å²) >= 11 is 0. The molecule has 2 aliphatic rings. The predicted octanol–water partition coefficient (Wildman–Crippen LogP) is 3.67. The number of allylic oxidation sites excluding steroid dienone is 1. The zero-order chi connectivity index (χ0) is 19.2. The Morgan fingerprint density at radius 1 is 1.19 bits per heavy atom. The average molecular weight is 375 g/mol. The summed E-state index contributed by atoms with van der Waals surface area (Å²) in [5, 5.41) is 1.75. The van der Waals surface area contributed by atoms with E-state index in [0.717, 1.165) is 36.9 Å². The number of aryl methyl sites for hydroxylation is 1. The van der Waals surface area contributed by atoms with E-state index in [1.54, 1.807) is 9.69 Å². The van der Waals surface area contributed by atoms with Crippen molar-refractivity contribution < 1.29 is 14.3 Å². The van der Waals surface area contributed by atoms with Crippen LogP contribution in [0, 0.1) is 11.8 Å². The van der Waals surface area contributed by atoms with Crippen molar-refractivity contribution in [2.24, 2.45) is 11.8 Å². The van der Waals surface area contributed by atoms with Gasteiger partial charge in [0.2, 0.25) is 5.91 Å². The van der Waals surface area contributed by atoms with Gasteiger partial charge in [0.05, 0.1) is 15.2 Å². The van der Waals surface area contributed by atoms with E-state index >= 15 is 0 Å². The smallest absolute Gasteiger partial charge is 0.356 e. The Labute approximate surface area is 157 Å². The van der Waals surface area contributed by atoms with Gasteiger partial charge >= 0.3 is 5.97 Å². The van der Waals surface area contributed by atoms with Crippen LogP contribution in [0.4, 0.5) is 0 Å². The molecule has 0 N–H and O–H groups in total. The zero-order valence-corrected chi connectivity index (χ0v) is 17.8. The van der Waals surface area contributed by atoms with Gasteiger partial charge in [0.25, 0.3) is 0 Å². The van der Waals surface area contributed by atoms with Gasteiger partial charge in [-0.2, -0.15) is 0 Å². The largest absolute Gasteiger partial charge is 0.464 e. The van der Waals surface area contributed by atoms with Crippen LogP contribution in [0.1, 0.15) is 48.3 Å². The van der Waals surface area contributed by atoms with Crippen LogP contribution in [-0.4, -0.2) is 31.7 Å². The summed E-state index contributed by atoms with van der Waals surface area (Å²) in [5.41, 5.74) is 6.07. The Bertz CT molecular complexity index is 773. The van der Waals surface area contributed by atoms with E-state index in [1.807, 2.05) is 13.1 Å². The van der Waals surface area contributed by atoms with Gasteiger partial charge < -0.3 is 4.74 Å². The molecule has 1 saturated heterocycles. The van der Waals surface area contributed by atoms with Gasteiger partial charge in [0.15, 0.2) is 5.69 Å². The van der Waals surface area contributed by atoms with Crippen molar-refractivity contribution in [1.29, 1.82) is 0 Å². The van der Waals surface area contributed by atoms with E-state index in [-0.39, 0.29) is 23.7 Å². The summed E-state index contributed by atoms with van der Waals surface area (Å²) in [7, 11) is -0.140. The standard InChI is InChI=1S/C20H30N2O3Si/c1-13-14(2)19(23)22(17(13)12-26(4,5)6)21-11-15-9-7-8-10-16(15)18(21)20(24)25-3/h11-14H,7-10H2,1-6H3/b17-12+/t13-,14-/m1/s1. The molecule has 6 heteroatoms. The van der Waals surface area contributed by atoms with Crippen molar-refractivity contribution in [3.05, 3.63) is 34.4 Å². The van der Waals surface area contributed by atoms with Crippen LogP contribution < -0.4 is 5.01 Å². The Morgan fingerprint density at radius 2 is 1.85 bits per heavy atom. The van der Waals surface area contributed by atoms with Gasteiger partial charge in [-0.15, -0.1) is 0 Å². The van der Waals surface area contributed by atoms with Crippen molar-refractivity contribution in [3.8, 4) is 0 Å². The quantitative estimate of drug-likeness (QED) is 0.599. The first-order chi connectivity index (χ1) is 12.2. The Kier molecular flexibility index (Phi) is 4.90. The summed E-state index contributed by atoms with van der Waals surface area (Å²) < 4.78 is 6.87. The van der Waals surface area contributed by atoms with E-state index in [1.165, 1.54) is 12.7 Å². The third-order valence-corrected chi connectivity index (χ3v) is 6.70. The minimum atomic E-state index is -1.55. The Balaban J connectivity index is 2.20. The molecule has 1 aliphatic carbocycles. The lowest BCUT2D eigenvalue weighted by molar-refractivity contribution is -0.121. The number of ether oxygens (including phenoxy) is 1. The van der Waals surface area contributed by atoms with Crippen molar-refractivity contribution in [2.75, 3.05) is 12.1 Å². The highest BCUT2D eigenvalue weighted by molar-refractivity contribution is 6.81. The Morgan fingerprint density at radius 3 is 2.46 bits per heavy atom. The number of rotatable bonds is 3. The topological polar surface area (TPSA) is 51.5 Å². The van der Waals surface area contributed by atoms with Crippen LogP contribution in [0.2, 0.25) is 19.6 Å². The van der Waals surface area contributed by atoms with Gasteiger partial charge in [-0.3, -0.25) is 4.79 Å². The molecule has 26 heavy (non-hydrogen) atoms. The molecule has 142 valence electrons. The fourth-order valence-corrected chi connectivity index (χ4v) is 5.29. The molecule has 0 saturated carbocycles. The number of esters is 1. The number of hydrogen-bond donors (Lipinski definition) is 0. The minimum absolute atomic E-state index is 0.0551. The lowest BCUT2D eigenvalue weighted by Crippen LogP contribution is -2.39. The van der Waals surface area contributed by atoms with E-state index in [9.17, 15) is 9.59 Å². The molecule has 3 rings (SSSR count). The second-order valence-electron chi connectivity index (χ2n) is 8.69. The Hall–Kier alpha value is -1.82. The van der Waals surface area contributed by atoms with Gasteiger partial charge in [0.1, 0.15) is 0 Å². The molecule has 1 amide bonds. The van der Waals surface area contributed by atoms with E-state index in [0.29, 0.717) is 5.69 Å². The molecule has 0 unspecified atom stereocenters. The van der Waals surface area contributed by atoms with E-state index in [2.05, 4.69) is 32.3 Å². The molecular weight excluding hydrogens is 344 g/mol. The van der Waals surface area contributed by atoms with Crippen molar-refractivity contribution >= 4 is 20.0 Å². The van der Waals surface area contributed by atoms with Gasteiger partial charge in [-0.25, -0.2) is 14.5 Å². The van der Waals surface area contributed by atoms with Crippen molar-refractivity contribution in [3.63, 3.8) is 0 Å².